The van der Waals surface area contributed by atoms with Gasteiger partial charge in [-0.15, -0.1) is 0 Å². The zero-order chi connectivity index (χ0) is 24.4. The summed E-state index contributed by atoms with van der Waals surface area (Å²) < 4.78 is 16.7. The van der Waals surface area contributed by atoms with E-state index in [1.54, 1.807) is 13.8 Å². The number of benzene rings is 1. The molecular formula is C18H18ClI3N2O8. The molecule has 1 aliphatic heterocycles. The van der Waals surface area contributed by atoms with Gasteiger partial charge in [-0.3, -0.25) is 19.2 Å². The van der Waals surface area contributed by atoms with E-state index >= 15 is 0 Å². The fraction of sp³-hybridized carbons (Fsp3) is 0.444. The zero-order valence-electron chi connectivity index (χ0n) is 16.9. The molecule has 176 valence electrons. The summed E-state index contributed by atoms with van der Waals surface area (Å²) in [5.41, 5.74) is -1.29. The lowest BCUT2D eigenvalue weighted by molar-refractivity contribution is -0.174. The Morgan fingerprint density at radius 1 is 1.12 bits per heavy atom. The second kappa shape index (κ2) is 10.9. The molecule has 14 heteroatoms. The van der Waals surface area contributed by atoms with Crippen LogP contribution in [-0.4, -0.2) is 59.5 Å². The van der Waals surface area contributed by atoms with Crippen LogP contribution in [0.5, 0.6) is 0 Å². The van der Waals surface area contributed by atoms with E-state index in [0.717, 1.165) is 6.92 Å². The Morgan fingerprint density at radius 3 is 2.19 bits per heavy atom. The molecule has 1 unspecified atom stereocenters. The van der Waals surface area contributed by atoms with E-state index in [9.17, 15) is 24.3 Å². The topological polar surface area (TPSA) is 140 Å². The van der Waals surface area contributed by atoms with Crippen molar-refractivity contribution in [2.75, 3.05) is 25.1 Å². The molecule has 2 rings (SSSR count). The molecule has 1 aromatic rings. The van der Waals surface area contributed by atoms with Gasteiger partial charge in [0.15, 0.2) is 18.1 Å². The van der Waals surface area contributed by atoms with Crippen molar-refractivity contribution in [3.63, 3.8) is 0 Å². The molecule has 3 N–H and O–H groups in total. The van der Waals surface area contributed by atoms with E-state index < -0.39 is 47.8 Å². The molecule has 2 amide bonds. The Hall–Kier alpha value is -0.340. The van der Waals surface area contributed by atoms with E-state index in [1.165, 1.54) is 0 Å². The first kappa shape index (κ1) is 27.9. The van der Waals surface area contributed by atoms with Crippen molar-refractivity contribution in [2.45, 2.75) is 32.3 Å². The van der Waals surface area contributed by atoms with Gasteiger partial charge >= 0.3 is 5.97 Å². The first-order valence-electron chi connectivity index (χ1n) is 8.84. The second-order valence-electron chi connectivity index (χ2n) is 7.07. The summed E-state index contributed by atoms with van der Waals surface area (Å²) in [6.45, 7) is 3.21. The molecule has 0 radical (unpaired) electrons. The fourth-order valence-electron chi connectivity index (χ4n) is 2.76. The standard InChI is InChI=1S/C18H18ClI3N2O8/c1-7(26)30-4-8(27)23-14-12(21)9(15(19)28)11(20)10(13(14)22)16(29)24-18(5-25)6-31-17(2,3)32-18/h25H,4-6H2,1-3H3,(H,23,27)(H,24,29). The Bertz CT molecular complexity index is 988. The molecule has 1 atom stereocenters. The first-order chi connectivity index (χ1) is 14.7. The molecule has 32 heavy (non-hydrogen) atoms. The van der Waals surface area contributed by atoms with Crippen LogP contribution in [0.2, 0.25) is 0 Å². The van der Waals surface area contributed by atoms with Crippen LogP contribution in [0.1, 0.15) is 41.5 Å². The van der Waals surface area contributed by atoms with Crippen molar-refractivity contribution in [3.05, 3.63) is 21.8 Å². The molecule has 0 bridgehead atoms. The maximum atomic E-state index is 13.3. The predicted octanol–water partition coefficient (Wildman–Crippen LogP) is 2.58. The third-order valence-corrected chi connectivity index (χ3v) is 7.53. The number of aliphatic hydroxyl groups is 1. The SMILES string of the molecule is CC(=O)OCC(=O)Nc1c(I)c(C(=O)Cl)c(I)c(C(=O)NC2(CO)COC(C)(C)O2)c1I. The Kier molecular flexibility index (Phi) is 9.54. The molecule has 0 saturated carbocycles. The number of halogens is 4. The highest BCUT2D eigenvalue weighted by Gasteiger charge is 2.47. The minimum Gasteiger partial charge on any atom is -0.456 e. The number of esters is 1. The van der Waals surface area contributed by atoms with Crippen molar-refractivity contribution in [2.24, 2.45) is 0 Å². The average Bonchev–Trinajstić information content (AvgIpc) is 2.98. The number of ether oxygens (including phenoxy) is 3. The highest BCUT2D eigenvalue weighted by atomic mass is 127. The number of carbonyl (C=O) groups excluding carboxylic acids is 4. The van der Waals surface area contributed by atoms with Gasteiger partial charge in [0.1, 0.15) is 6.61 Å². The van der Waals surface area contributed by atoms with Crippen LogP contribution in [0, 0.1) is 10.7 Å². The maximum Gasteiger partial charge on any atom is 0.303 e. The number of anilines is 1. The maximum absolute atomic E-state index is 13.3. The van der Waals surface area contributed by atoms with Gasteiger partial charge in [0.2, 0.25) is 0 Å². The Morgan fingerprint density at radius 2 is 1.72 bits per heavy atom. The lowest BCUT2D eigenvalue weighted by Crippen LogP contribution is -2.54. The largest absolute Gasteiger partial charge is 0.456 e. The number of amides is 2. The van der Waals surface area contributed by atoms with Gasteiger partial charge in [-0.2, -0.15) is 0 Å². The fourth-order valence-corrected chi connectivity index (χ4v) is 7.68. The second-order valence-corrected chi connectivity index (χ2v) is 10.6. The monoisotopic (exact) mass is 806 g/mol. The summed E-state index contributed by atoms with van der Waals surface area (Å²) in [4.78, 5) is 48.6. The Labute approximate surface area is 229 Å². The summed E-state index contributed by atoms with van der Waals surface area (Å²) in [5.74, 6) is -3.02. The van der Waals surface area contributed by atoms with E-state index in [0.29, 0.717) is 7.14 Å². The van der Waals surface area contributed by atoms with E-state index in [2.05, 4.69) is 15.4 Å². The van der Waals surface area contributed by atoms with Crippen molar-refractivity contribution >= 4 is 108 Å². The summed E-state index contributed by atoms with van der Waals surface area (Å²) in [7, 11) is 0. The van der Waals surface area contributed by atoms with Crippen LogP contribution in [0.3, 0.4) is 0 Å². The number of aliphatic hydroxyl groups excluding tert-OH is 1. The van der Waals surface area contributed by atoms with Gasteiger partial charge in [0, 0.05) is 10.5 Å². The summed E-state index contributed by atoms with van der Waals surface area (Å²) in [6.07, 6.45) is 0. The van der Waals surface area contributed by atoms with Crippen LogP contribution in [0.4, 0.5) is 5.69 Å². The number of nitrogens with one attached hydrogen (secondary N) is 2. The Balaban J connectivity index is 2.51. The summed E-state index contributed by atoms with van der Waals surface area (Å²) in [6, 6.07) is 0. The summed E-state index contributed by atoms with van der Waals surface area (Å²) >= 11 is 11.3. The number of hydrogen-bond donors (Lipinski definition) is 3. The highest BCUT2D eigenvalue weighted by Crippen LogP contribution is 2.37. The van der Waals surface area contributed by atoms with Gasteiger partial charge in [-0.25, -0.2) is 0 Å². The molecule has 1 saturated heterocycles. The minimum absolute atomic E-state index is 0.0168. The molecule has 0 aliphatic carbocycles. The van der Waals surface area contributed by atoms with E-state index in [4.69, 9.17) is 21.1 Å². The molecule has 1 aromatic carbocycles. The van der Waals surface area contributed by atoms with E-state index in [-0.39, 0.29) is 27.0 Å². The highest BCUT2D eigenvalue weighted by molar-refractivity contribution is 14.1. The van der Waals surface area contributed by atoms with Crippen LogP contribution in [-0.2, 0) is 23.8 Å². The molecular weight excluding hydrogens is 788 g/mol. The molecule has 10 nitrogen and oxygen atoms in total. The van der Waals surface area contributed by atoms with Crippen LogP contribution >= 0.6 is 79.4 Å². The number of carbonyl (C=O) groups is 4. The lowest BCUT2D eigenvalue weighted by atomic mass is 10.1. The average molecular weight is 807 g/mol. The van der Waals surface area contributed by atoms with Crippen molar-refractivity contribution in [1.82, 2.24) is 5.32 Å². The third kappa shape index (κ3) is 6.41. The molecule has 1 heterocycles. The van der Waals surface area contributed by atoms with Crippen molar-refractivity contribution < 1.29 is 38.5 Å². The predicted molar refractivity (Wildman–Crippen MR) is 138 cm³/mol. The van der Waals surface area contributed by atoms with Crippen molar-refractivity contribution in [3.8, 4) is 0 Å². The minimum atomic E-state index is -1.50. The normalized spacial score (nSPS) is 19.4. The third-order valence-electron chi connectivity index (χ3n) is 4.10. The van der Waals surface area contributed by atoms with Crippen LogP contribution in [0.15, 0.2) is 0 Å². The smallest absolute Gasteiger partial charge is 0.303 e. The van der Waals surface area contributed by atoms with Crippen LogP contribution in [0.25, 0.3) is 0 Å². The molecule has 0 aromatic heterocycles. The first-order valence-corrected chi connectivity index (χ1v) is 12.5. The lowest BCUT2D eigenvalue weighted by Gasteiger charge is -2.29. The number of rotatable bonds is 7. The van der Waals surface area contributed by atoms with Gasteiger partial charge < -0.3 is 30.0 Å². The van der Waals surface area contributed by atoms with Gasteiger partial charge in [0.05, 0.1) is 30.6 Å². The number of hydrogen-bond acceptors (Lipinski definition) is 8. The van der Waals surface area contributed by atoms with Gasteiger partial charge in [-0.05, 0) is 93.2 Å². The van der Waals surface area contributed by atoms with E-state index in [1.807, 2.05) is 67.8 Å². The summed E-state index contributed by atoms with van der Waals surface area (Å²) in [5, 5.41) is 14.2. The zero-order valence-corrected chi connectivity index (χ0v) is 24.2. The van der Waals surface area contributed by atoms with Crippen molar-refractivity contribution in [1.29, 1.82) is 0 Å². The molecule has 0 spiro atoms. The molecule has 1 aliphatic rings. The van der Waals surface area contributed by atoms with Gasteiger partial charge in [-0.1, -0.05) is 0 Å². The molecule has 1 fully saturated rings. The van der Waals surface area contributed by atoms with Gasteiger partial charge in [0.25, 0.3) is 17.1 Å². The van der Waals surface area contributed by atoms with Crippen LogP contribution < -0.4 is 10.6 Å². The quantitative estimate of drug-likeness (QED) is 0.217.